The van der Waals surface area contributed by atoms with Gasteiger partial charge in [0.15, 0.2) is 0 Å². The number of benzene rings is 1. The molecule has 0 radical (unpaired) electrons. The molecule has 2 aliphatic rings. The molecule has 0 aliphatic carbocycles. The highest BCUT2D eigenvalue weighted by molar-refractivity contribution is 9.26. The Kier molecular flexibility index (Phi) is 3.47. The molecule has 0 unspecified atom stereocenters. The molecule has 3 atom stereocenters. The minimum absolute atomic E-state index is 0.0148. The molecule has 0 N–H and O–H groups in total. The van der Waals surface area contributed by atoms with Gasteiger partial charge in [0, 0.05) is 0 Å². The molecule has 0 spiro atoms. The zero-order valence-corrected chi connectivity index (χ0v) is 14.9. The van der Waals surface area contributed by atoms with E-state index in [1.807, 2.05) is 24.0 Å². The van der Waals surface area contributed by atoms with Crippen molar-refractivity contribution in [3.05, 3.63) is 35.4 Å². The lowest BCUT2D eigenvalue weighted by molar-refractivity contribution is 0.0948. The molecular weight excluding hydrogens is 442 g/mol. The fourth-order valence-electron chi connectivity index (χ4n) is 2.96. The fourth-order valence-corrected chi connectivity index (χ4v) is 5.18. The van der Waals surface area contributed by atoms with Crippen LogP contribution in [0.3, 0.4) is 0 Å². The largest absolute Gasteiger partial charge is 0.450 e. The van der Waals surface area contributed by atoms with E-state index in [9.17, 15) is 4.79 Å². The fraction of sp³-hybridized carbons (Fsp3) is 0.462. The second kappa shape index (κ2) is 4.74. The zero-order chi connectivity index (χ0) is 13.8. The average Bonchev–Trinajstić information content (AvgIpc) is 2.82. The van der Waals surface area contributed by atoms with Gasteiger partial charge in [0.05, 0.1) is 23.5 Å². The van der Waals surface area contributed by atoms with Gasteiger partial charge < -0.3 is 4.74 Å². The first-order valence-electron chi connectivity index (χ1n) is 6.06. The van der Waals surface area contributed by atoms with Crippen LogP contribution in [0.1, 0.15) is 30.1 Å². The third kappa shape index (κ3) is 1.83. The first-order valence-corrected chi connectivity index (χ1v) is 8.56. The molecule has 0 saturated carbocycles. The van der Waals surface area contributed by atoms with Crippen molar-refractivity contribution in [1.29, 1.82) is 0 Å². The number of carbonyl (C=O) groups is 1. The Labute approximate surface area is 137 Å². The molecule has 2 aliphatic heterocycles. The highest BCUT2D eigenvalue weighted by Crippen LogP contribution is 2.66. The standard InChI is InChI=1S/C13H12Br3NO2/c1-2-19-12(18)17-9-7-5-3-4-6-8(7)11(17)13(15,16)10(9)14/h3-6,9-11H,2H2,1H3/t9-,10-,11+/m0/s1. The molecule has 102 valence electrons. The Balaban J connectivity index is 2.10. The molecule has 1 fully saturated rings. The SMILES string of the molecule is CCOC(=O)N1[C@H]2c3ccccc3[C@@H]1C(Br)(Br)[C@H]2Br. The summed E-state index contributed by atoms with van der Waals surface area (Å²) < 4.78 is 4.83. The van der Waals surface area contributed by atoms with Gasteiger partial charge in [-0.3, -0.25) is 4.90 Å². The molecule has 1 aromatic rings. The lowest BCUT2D eigenvalue weighted by Gasteiger charge is -2.30. The number of fused-ring (bicyclic) bond motifs is 5. The second-order valence-corrected chi connectivity index (χ2v) is 9.33. The van der Waals surface area contributed by atoms with Crippen molar-refractivity contribution in [2.24, 2.45) is 0 Å². The molecule has 1 saturated heterocycles. The minimum atomic E-state index is -0.369. The van der Waals surface area contributed by atoms with Gasteiger partial charge in [0.1, 0.15) is 3.23 Å². The summed E-state index contributed by atoms with van der Waals surface area (Å²) in [5.41, 5.74) is 2.36. The monoisotopic (exact) mass is 451 g/mol. The molecule has 1 amide bonds. The van der Waals surface area contributed by atoms with E-state index in [0.29, 0.717) is 6.61 Å². The number of amides is 1. The van der Waals surface area contributed by atoms with Gasteiger partial charge in [0.2, 0.25) is 0 Å². The van der Waals surface area contributed by atoms with E-state index in [4.69, 9.17) is 4.74 Å². The van der Waals surface area contributed by atoms with E-state index in [-0.39, 0.29) is 26.2 Å². The quantitative estimate of drug-likeness (QED) is 0.586. The highest BCUT2D eigenvalue weighted by Gasteiger charge is 2.64. The first-order chi connectivity index (χ1) is 9.00. The summed E-state index contributed by atoms with van der Waals surface area (Å²) in [6.07, 6.45) is -0.265. The van der Waals surface area contributed by atoms with E-state index in [1.54, 1.807) is 0 Å². The second-order valence-electron chi connectivity index (χ2n) is 4.66. The van der Waals surface area contributed by atoms with Crippen LogP contribution in [-0.2, 0) is 4.74 Å². The maximum Gasteiger partial charge on any atom is 0.410 e. The summed E-state index contributed by atoms with van der Waals surface area (Å²) in [6.45, 7) is 2.21. The molecule has 2 bridgehead atoms. The third-order valence-electron chi connectivity index (χ3n) is 3.68. The van der Waals surface area contributed by atoms with Crippen LogP contribution in [0, 0.1) is 0 Å². The molecular formula is C13H12Br3NO2. The minimum Gasteiger partial charge on any atom is -0.450 e. The normalized spacial score (nSPS) is 30.3. The predicted octanol–water partition coefficient (Wildman–Crippen LogP) is 4.50. The number of carbonyl (C=O) groups excluding carboxylic acids is 1. The predicted molar refractivity (Wildman–Crippen MR) is 84.1 cm³/mol. The molecule has 3 rings (SSSR count). The Bertz CT molecular complexity index is 534. The Morgan fingerprint density at radius 1 is 1.37 bits per heavy atom. The third-order valence-corrected chi connectivity index (χ3v) is 7.98. The molecule has 1 aromatic carbocycles. The average molecular weight is 454 g/mol. The number of rotatable bonds is 1. The zero-order valence-electron chi connectivity index (χ0n) is 10.1. The molecule has 0 aromatic heterocycles. The van der Waals surface area contributed by atoms with Crippen molar-refractivity contribution in [2.45, 2.75) is 27.1 Å². The number of hydrogen-bond donors (Lipinski definition) is 0. The van der Waals surface area contributed by atoms with Crippen LogP contribution in [0.25, 0.3) is 0 Å². The van der Waals surface area contributed by atoms with Crippen LogP contribution in [0.4, 0.5) is 4.79 Å². The van der Waals surface area contributed by atoms with Gasteiger partial charge in [-0.2, -0.15) is 0 Å². The first kappa shape index (κ1) is 13.9. The van der Waals surface area contributed by atoms with Crippen molar-refractivity contribution in [3.8, 4) is 0 Å². The Hall–Kier alpha value is -0.0700. The maximum absolute atomic E-state index is 12.2. The summed E-state index contributed by atoms with van der Waals surface area (Å²) in [5.74, 6) is 0. The molecule has 19 heavy (non-hydrogen) atoms. The van der Waals surface area contributed by atoms with Gasteiger partial charge >= 0.3 is 6.09 Å². The Morgan fingerprint density at radius 3 is 2.63 bits per heavy atom. The number of alkyl halides is 3. The Morgan fingerprint density at radius 2 is 2.00 bits per heavy atom. The van der Waals surface area contributed by atoms with E-state index in [2.05, 4.69) is 59.9 Å². The van der Waals surface area contributed by atoms with Gasteiger partial charge in [-0.1, -0.05) is 72.1 Å². The molecule has 2 heterocycles. The summed E-state index contributed by atoms with van der Waals surface area (Å²) in [5, 5.41) is 0. The van der Waals surface area contributed by atoms with Crippen LogP contribution in [0.5, 0.6) is 0 Å². The van der Waals surface area contributed by atoms with E-state index in [1.165, 1.54) is 11.1 Å². The van der Waals surface area contributed by atoms with Crippen LogP contribution < -0.4 is 0 Å². The van der Waals surface area contributed by atoms with E-state index < -0.39 is 0 Å². The smallest absolute Gasteiger partial charge is 0.410 e. The number of hydrogen-bond acceptors (Lipinski definition) is 2. The van der Waals surface area contributed by atoms with Crippen molar-refractivity contribution >= 4 is 53.9 Å². The van der Waals surface area contributed by atoms with Gasteiger partial charge in [0.25, 0.3) is 0 Å². The van der Waals surface area contributed by atoms with Crippen LogP contribution >= 0.6 is 47.8 Å². The van der Waals surface area contributed by atoms with Crippen LogP contribution in [0.15, 0.2) is 24.3 Å². The molecule has 3 nitrogen and oxygen atoms in total. The van der Waals surface area contributed by atoms with Gasteiger partial charge in [-0.15, -0.1) is 0 Å². The van der Waals surface area contributed by atoms with Gasteiger partial charge in [-0.05, 0) is 18.1 Å². The van der Waals surface area contributed by atoms with E-state index in [0.717, 1.165) is 0 Å². The number of ether oxygens (including phenoxy) is 1. The summed E-state index contributed by atoms with van der Waals surface area (Å²) in [6, 6.07) is 8.07. The molecule has 6 heteroatoms. The van der Waals surface area contributed by atoms with Crippen molar-refractivity contribution in [3.63, 3.8) is 0 Å². The van der Waals surface area contributed by atoms with Gasteiger partial charge in [-0.25, -0.2) is 4.79 Å². The lowest BCUT2D eigenvalue weighted by atomic mass is 9.92. The van der Waals surface area contributed by atoms with Crippen molar-refractivity contribution in [2.75, 3.05) is 6.61 Å². The summed E-state index contributed by atoms with van der Waals surface area (Å²) in [4.78, 5) is 14.2. The van der Waals surface area contributed by atoms with Crippen LogP contribution in [0.2, 0.25) is 0 Å². The maximum atomic E-state index is 12.2. The highest BCUT2D eigenvalue weighted by atomic mass is 79.9. The van der Waals surface area contributed by atoms with E-state index >= 15 is 0 Å². The van der Waals surface area contributed by atoms with Crippen LogP contribution in [-0.4, -0.2) is 25.7 Å². The lowest BCUT2D eigenvalue weighted by Crippen LogP contribution is -2.32. The topological polar surface area (TPSA) is 29.5 Å². The number of halogens is 3. The summed E-state index contributed by atoms with van der Waals surface area (Å²) >= 11 is 11.1. The summed E-state index contributed by atoms with van der Waals surface area (Å²) in [7, 11) is 0. The number of nitrogens with zero attached hydrogens (tertiary/aromatic N) is 1. The van der Waals surface area contributed by atoms with Crippen molar-refractivity contribution in [1.82, 2.24) is 4.90 Å². The van der Waals surface area contributed by atoms with Crippen molar-refractivity contribution < 1.29 is 9.53 Å².